The fraction of sp³-hybridized carbons (Fsp3) is 0.158. The van der Waals surface area contributed by atoms with Crippen LogP contribution in [0.1, 0.15) is 37.5 Å². The summed E-state index contributed by atoms with van der Waals surface area (Å²) in [5.74, 6) is -1.08. The molecule has 0 aliphatic heterocycles. The lowest BCUT2D eigenvalue weighted by molar-refractivity contribution is 0.0948. The highest BCUT2D eigenvalue weighted by atomic mass is 16.5. The minimum absolute atomic E-state index is 0.0325. The first-order chi connectivity index (χ1) is 12.1. The third-order valence-electron chi connectivity index (χ3n) is 4.50. The zero-order chi connectivity index (χ0) is 17.7. The number of fused-ring (bicyclic) bond motifs is 4. The van der Waals surface area contributed by atoms with Crippen LogP contribution in [-0.2, 0) is 18.1 Å². The number of ether oxygens (including phenoxy) is 1. The van der Waals surface area contributed by atoms with Crippen LogP contribution in [0.3, 0.4) is 0 Å². The van der Waals surface area contributed by atoms with Gasteiger partial charge in [-0.25, -0.2) is 0 Å². The number of nitrogens with zero attached hydrogens (tertiary/aromatic N) is 1. The Bertz CT molecular complexity index is 1050. The first-order valence-corrected chi connectivity index (χ1v) is 7.74. The molecule has 1 aliphatic rings. The third-order valence-corrected chi connectivity index (χ3v) is 4.50. The van der Waals surface area contributed by atoms with Crippen molar-refractivity contribution in [3.63, 3.8) is 0 Å². The van der Waals surface area contributed by atoms with Crippen molar-refractivity contribution in [1.29, 1.82) is 0 Å². The molecule has 6 heteroatoms. The lowest BCUT2D eigenvalue weighted by Gasteiger charge is -2.19. The number of ketones is 2. The predicted molar refractivity (Wildman–Crippen MR) is 89.8 cm³/mol. The Morgan fingerprint density at radius 3 is 2.56 bits per heavy atom. The minimum Gasteiger partial charge on any atom is -0.507 e. The summed E-state index contributed by atoms with van der Waals surface area (Å²) in [5.41, 5.74) is 1.69. The summed E-state index contributed by atoms with van der Waals surface area (Å²) in [4.78, 5) is 26.2. The van der Waals surface area contributed by atoms with Crippen molar-refractivity contribution in [2.75, 3.05) is 7.11 Å². The Morgan fingerprint density at radius 2 is 1.84 bits per heavy atom. The number of hydrogen-bond acceptors (Lipinski definition) is 5. The van der Waals surface area contributed by atoms with Crippen LogP contribution in [0, 0.1) is 0 Å². The topological polar surface area (TPSA) is 88.8 Å². The van der Waals surface area contributed by atoms with E-state index in [1.54, 1.807) is 16.7 Å². The van der Waals surface area contributed by atoms with Crippen molar-refractivity contribution in [3.8, 4) is 5.75 Å². The molecule has 0 atom stereocenters. The van der Waals surface area contributed by atoms with Gasteiger partial charge in [-0.05, 0) is 23.8 Å². The molecule has 0 saturated carbocycles. The van der Waals surface area contributed by atoms with Crippen molar-refractivity contribution in [3.05, 3.63) is 64.3 Å². The van der Waals surface area contributed by atoms with Crippen molar-refractivity contribution < 1.29 is 24.5 Å². The Kier molecular flexibility index (Phi) is 3.45. The van der Waals surface area contributed by atoms with Crippen molar-refractivity contribution in [1.82, 2.24) is 4.57 Å². The Labute approximate surface area is 142 Å². The van der Waals surface area contributed by atoms with Gasteiger partial charge in [0, 0.05) is 18.1 Å². The molecular formula is C19H15NO5. The predicted octanol–water partition coefficient (Wildman–Crippen LogP) is 2.22. The molecule has 25 heavy (non-hydrogen) atoms. The van der Waals surface area contributed by atoms with E-state index in [0.717, 1.165) is 0 Å². The van der Waals surface area contributed by atoms with Gasteiger partial charge in [0.1, 0.15) is 18.2 Å². The summed E-state index contributed by atoms with van der Waals surface area (Å²) >= 11 is 0. The van der Waals surface area contributed by atoms with Gasteiger partial charge in [-0.1, -0.05) is 18.2 Å². The normalized spacial score (nSPS) is 13.2. The maximum Gasteiger partial charge on any atom is 0.214 e. The summed E-state index contributed by atoms with van der Waals surface area (Å²) in [6.45, 7) is -0.222. The zero-order valence-corrected chi connectivity index (χ0v) is 13.4. The van der Waals surface area contributed by atoms with E-state index in [2.05, 4.69) is 0 Å². The van der Waals surface area contributed by atoms with E-state index in [1.807, 2.05) is 12.1 Å². The SMILES string of the molecule is COCn1c2c(c3ccccc31)C(=O)c1cc(CO)cc(O)c1C2=O. The molecule has 3 aromatic rings. The number of carbonyl (C=O) groups is 2. The highest BCUT2D eigenvalue weighted by Crippen LogP contribution is 2.38. The van der Waals surface area contributed by atoms with Crippen molar-refractivity contribution in [2.45, 2.75) is 13.3 Å². The first kappa shape index (κ1) is 15.6. The van der Waals surface area contributed by atoms with E-state index in [-0.39, 0.29) is 41.7 Å². The Hall–Kier alpha value is -2.96. The lowest BCUT2D eigenvalue weighted by Crippen LogP contribution is -2.23. The summed E-state index contributed by atoms with van der Waals surface area (Å²) in [7, 11) is 1.51. The molecule has 2 N–H and O–H groups in total. The summed E-state index contributed by atoms with van der Waals surface area (Å²) in [6.07, 6.45) is 0. The number of carbonyl (C=O) groups excluding carboxylic acids is 2. The molecule has 6 nitrogen and oxygen atoms in total. The van der Waals surface area contributed by atoms with Gasteiger partial charge in [-0.2, -0.15) is 0 Å². The van der Waals surface area contributed by atoms with Gasteiger partial charge in [-0.15, -0.1) is 0 Å². The fourth-order valence-electron chi connectivity index (χ4n) is 3.48. The van der Waals surface area contributed by atoms with E-state index >= 15 is 0 Å². The molecule has 0 spiro atoms. The van der Waals surface area contributed by atoms with Gasteiger partial charge < -0.3 is 19.5 Å². The highest BCUT2D eigenvalue weighted by Gasteiger charge is 2.37. The van der Waals surface area contributed by atoms with Gasteiger partial charge in [0.15, 0.2) is 5.78 Å². The molecule has 1 heterocycles. The quantitative estimate of drug-likeness (QED) is 0.598. The van der Waals surface area contributed by atoms with Gasteiger partial charge in [0.05, 0.1) is 23.3 Å². The molecule has 4 rings (SSSR count). The average Bonchev–Trinajstić information content (AvgIpc) is 2.94. The van der Waals surface area contributed by atoms with Gasteiger partial charge in [0.2, 0.25) is 5.78 Å². The standard InChI is InChI=1S/C19H15NO5/c1-25-9-20-13-5-3-2-4-11(13)16-17(20)19(24)15-12(18(16)23)6-10(8-21)7-14(15)22/h2-7,21-22H,8-9H2,1H3. The van der Waals surface area contributed by atoms with E-state index in [1.165, 1.54) is 19.2 Å². The smallest absolute Gasteiger partial charge is 0.214 e. The van der Waals surface area contributed by atoms with Crippen LogP contribution in [0.5, 0.6) is 5.75 Å². The van der Waals surface area contributed by atoms with Crippen LogP contribution in [0.25, 0.3) is 10.9 Å². The van der Waals surface area contributed by atoms with Crippen LogP contribution in [0.4, 0.5) is 0 Å². The number of aliphatic hydroxyl groups is 1. The Balaban J connectivity index is 2.10. The molecule has 0 amide bonds. The monoisotopic (exact) mass is 337 g/mol. The molecular weight excluding hydrogens is 322 g/mol. The van der Waals surface area contributed by atoms with E-state index in [4.69, 9.17) is 4.74 Å². The number of phenolic OH excluding ortho intramolecular Hbond substituents is 1. The largest absolute Gasteiger partial charge is 0.507 e. The van der Waals surface area contributed by atoms with Gasteiger partial charge in [0.25, 0.3) is 0 Å². The molecule has 2 aromatic carbocycles. The molecule has 0 fully saturated rings. The van der Waals surface area contributed by atoms with E-state index in [9.17, 15) is 19.8 Å². The Morgan fingerprint density at radius 1 is 1.08 bits per heavy atom. The van der Waals surface area contributed by atoms with E-state index < -0.39 is 5.78 Å². The third kappa shape index (κ3) is 2.05. The maximum atomic E-state index is 13.1. The second-order valence-electron chi connectivity index (χ2n) is 5.94. The molecule has 126 valence electrons. The second kappa shape index (κ2) is 5.54. The molecule has 0 unspecified atom stereocenters. The summed E-state index contributed by atoms with van der Waals surface area (Å²) in [6, 6.07) is 9.99. The van der Waals surface area contributed by atoms with Crippen LogP contribution in [0.2, 0.25) is 0 Å². The molecule has 1 aromatic heterocycles. The number of aliphatic hydroxyl groups excluding tert-OH is 1. The fourth-order valence-corrected chi connectivity index (χ4v) is 3.48. The van der Waals surface area contributed by atoms with Gasteiger partial charge in [-0.3, -0.25) is 9.59 Å². The number of rotatable bonds is 3. The number of phenols is 1. The zero-order valence-electron chi connectivity index (χ0n) is 13.4. The number of aromatic hydroxyl groups is 1. The summed E-state index contributed by atoms with van der Waals surface area (Å²) in [5, 5.41) is 20.2. The van der Waals surface area contributed by atoms with Gasteiger partial charge >= 0.3 is 0 Å². The van der Waals surface area contributed by atoms with Crippen LogP contribution in [-0.4, -0.2) is 33.5 Å². The number of hydrogen-bond donors (Lipinski definition) is 2. The number of para-hydroxylation sites is 1. The molecule has 0 radical (unpaired) electrons. The second-order valence-corrected chi connectivity index (χ2v) is 5.94. The minimum atomic E-state index is -0.431. The van der Waals surface area contributed by atoms with E-state index in [0.29, 0.717) is 22.0 Å². The van der Waals surface area contributed by atoms with Crippen molar-refractivity contribution >= 4 is 22.5 Å². The molecule has 0 bridgehead atoms. The number of aromatic nitrogens is 1. The first-order valence-electron chi connectivity index (χ1n) is 7.74. The number of methoxy groups -OCH3 is 1. The lowest BCUT2D eigenvalue weighted by atomic mass is 9.85. The molecule has 0 saturated heterocycles. The number of benzene rings is 2. The van der Waals surface area contributed by atoms with Crippen LogP contribution in [0.15, 0.2) is 36.4 Å². The highest BCUT2D eigenvalue weighted by molar-refractivity contribution is 6.33. The summed E-state index contributed by atoms with van der Waals surface area (Å²) < 4.78 is 6.85. The maximum absolute atomic E-state index is 13.1. The van der Waals surface area contributed by atoms with Crippen LogP contribution < -0.4 is 0 Å². The average molecular weight is 337 g/mol. The van der Waals surface area contributed by atoms with Crippen LogP contribution >= 0.6 is 0 Å². The van der Waals surface area contributed by atoms with Crippen molar-refractivity contribution in [2.24, 2.45) is 0 Å². The molecule has 1 aliphatic carbocycles.